The number of carbonyl (C=O) groups is 1. The smallest absolute Gasteiger partial charge is 0.268 e. The molecule has 10 nitrogen and oxygen atoms in total. The van der Waals surface area contributed by atoms with Gasteiger partial charge < -0.3 is 14.2 Å². The van der Waals surface area contributed by atoms with E-state index in [1.165, 1.54) is 24.3 Å². The molecule has 0 aliphatic heterocycles. The molecule has 1 aromatic heterocycles. The molecule has 0 spiro atoms. The summed E-state index contributed by atoms with van der Waals surface area (Å²) in [7, 11) is -2.11. The van der Waals surface area contributed by atoms with Crippen molar-refractivity contribution in [3.05, 3.63) is 58.7 Å². The van der Waals surface area contributed by atoms with Crippen LogP contribution in [0.3, 0.4) is 0 Å². The fraction of sp³-hybridized carbons (Fsp3) is 0.280. The van der Waals surface area contributed by atoms with Gasteiger partial charge in [-0.25, -0.2) is 8.42 Å². The minimum atomic E-state index is -3.61. The Balaban J connectivity index is 1.59. The Morgan fingerprint density at radius 2 is 1.86 bits per heavy atom. The van der Waals surface area contributed by atoms with Crippen molar-refractivity contribution in [2.75, 3.05) is 31.9 Å². The number of hydrogen-bond acceptors (Lipinski definition) is 10. The van der Waals surface area contributed by atoms with Crippen molar-refractivity contribution in [3.8, 4) is 23.3 Å². The van der Waals surface area contributed by atoms with Crippen LogP contribution in [0, 0.1) is 25.2 Å². The number of sulfone groups is 1. The quantitative estimate of drug-likeness (QED) is 0.216. The Morgan fingerprint density at radius 1 is 1.11 bits per heavy atom. The third kappa shape index (κ3) is 7.77. The molecule has 1 heterocycles. The first kappa shape index (κ1) is 27.6. The van der Waals surface area contributed by atoms with Crippen LogP contribution >= 0.6 is 11.5 Å². The summed E-state index contributed by atoms with van der Waals surface area (Å²) in [5, 5.41) is 11.4. The summed E-state index contributed by atoms with van der Waals surface area (Å²) in [6.45, 7) is 4.99. The van der Waals surface area contributed by atoms with Crippen molar-refractivity contribution in [1.82, 2.24) is 9.36 Å². The third-order valence-electron chi connectivity index (χ3n) is 5.12. The summed E-state index contributed by atoms with van der Waals surface area (Å²) < 4.78 is 43.7. The first-order valence-corrected chi connectivity index (χ1v) is 13.7. The van der Waals surface area contributed by atoms with E-state index >= 15 is 0 Å². The summed E-state index contributed by atoms with van der Waals surface area (Å²) in [5.41, 5.74) is 2.70. The van der Waals surface area contributed by atoms with Gasteiger partial charge in [0.15, 0.2) is 11.5 Å². The topological polar surface area (TPSA) is 140 Å². The maximum Gasteiger partial charge on any atom is 0.268 e. The van der Waals surface area contributed by atoms with Crippen LogP contribution in [0.15, 0.2) is 47.1 Å². The lowest BCUT2D eigenvalue weighted by atomic mass is 10.1. The first-order valence-electron chi connectivity index (χ1n) is 11.1. The highest BCUT2D eigenvalue weighted by Crippen LogP contribution is 2.29. The average Bonchev–Trinajstić information content (AvgIpc) is 3.34. The van der Waals surface area contributed by atoms with E-state index < -0.39 is 20.9 Å². The fourth-order valence-corrected chi connectivity index (χ4v) is 4.46. The highest BCUT2D eigenvalue weighted by Gasteiger charge is 2.17. The second kappa shape index (κ2) is 12.3. The minimum absolute atomic E-state index is 0.0330. The molecule has 0 bridgehead atoms. The predicted molar refractivity (Wildman–Crippen MR) is 140 cm³/mol. The van der Waals surface area contributed by atoms with E-state index in [1.54, 1.807) is 18.2 Å². The molecule has 2 aromatic carbocycles. The molecular formula is C25H26N4O6S2. The van der Waals surface area contributed by atoms with E-state index in [-0.39, 0.29) is 10.7 Å². The van der Waals surface area contributed by atoms with Gasteiger partial charge in [0.1, 0.15) is 17.4 Å². The van der Waals surface area contributed by atoms with E-state index in [1.807, 2.05) is 31.2 Å². The second-order valence-corrected chi connectivity index (χ2v) is 10.6. The normalized spacial score (nSPS) is 11.5. The molecule has 0 fully saturated rings. The van der Waals surface area contributed by atoms with Crippen LogP contribution in [0.2, 0.25) is 0 Å². The highest BCUT2D eigenvalue weighted by atomic mass is 32.2. The summed E-state index contributed by atoms with van der Waals surface area (Å²) >= 11 is 0.703. The molecule has 0 atom stereocenters. The predicted octanol–water partition coefficient (Wildman–Crippen LogP) is 3.96. The van der Waals surface area contributed by atoms with Crippen molar-refractivity contribution in [2.45, 2.75) is 25.4 Å². The number of amides is 1. The molecule has 0 aliphatic rings. The zero-order chi connectivity index (χ0) is 27.0. The third-order valence-corrected chi connectivity index (χ3v) is 6.71. The van der Waals surface area contributed by atoms with E-state index in [0.29, 0.717) is 48.2 Å². The zero-order valence-corrected chi connectivity index (χ0v) is 22.4. The Kier molecular flexibility index (Phi) is 9.21. The van der Waals surface area contributed by atoms with Gasteiger partial charge in [-0.1, -0.05) is 12.1 Å². The van der Waals surface area contributed by atoms with Gasteiger partial charge in [-0.2, -0.15) is 14.6 Å². The number of ether oxygens (including phenoxy) is 3. The van der Waals surface area contributed by atoms with Crippen molar-refractivity contribution >= 4 is 38.5 Å². The number of nitrogens with zero attached hydrogens (tertiary/aromatic N) is 3. The van der Waals surface area contributed by atoms with Crippen molar-refractivity contribution in [1.29, 1.82) is 5.26 Å². The van der Waals surface area contributed by atoms with Gasteiger partial charge in [0, 0.05) is 24.2 Å². The van der Waals surface area contributed by atoms with E-state index in [9.17, 15) is 18.5 Å². The molecular weight excluding hydrogens is 516 g/mol. The summed E-state index contributed by atoms with van der Waals surface area (Å²) in [4.78, 5) is 16.2. The zero-order valence-electron chi connectivity index (χ0n) is 20.8. The molecule has 12 heteroatoms. The average molecular weight is 543 g/mol. The molecule has 1 amide bonds. The Hall–Kier alpha value is -3.95. The lowest BCUT2D eigenvalue weighted by molar-refractivity contribution is -0.112. The number of aromatic nitrogens is 2. The number of nitrogens with one attached hydrogen (secondary N) is 1. The van der Waals surface area contributed by atoms with Gasteiger partial charge in [-0.05, 0) is 60.9 Å². The van der Waals surface area contributed by atoms with Crippen molar-refractivity contribution in [3.63, 3.8) is 0 Å². The van der Waals surface area contributed by atoms with Crippen LogP contribution in [-0.4, -0.2) is 50.3 Å². The number of hydrogen-bond donors (Lipinski definition) is 1. The van der Waals surface area contributed by atoms with Gasteiger partial charge in [-0.3, -0.25) is 10.1 Å². The molecule has 0 saturated carbocycles. The number of methoxy groups -OCH3 is 1. The van der Waals surface area contributed by atoms with Crippen molar-refractivity contribution < 1.29 is 27.4 Å². The lowest BCUT2D eigenvalue weighted by Crippen LogP contribution is -2.13. The number of anilines is 1. The maximum atomic E-state index is 12.5. The molecule has 0 aliphatic carbocycles. The van der Waals surface area contributed by atoms with Crippen LogP contribution in [0.5, 0.6) is 17.2 Å². The highest BCUT2D eigenvalue weighted by molar-refractivity contribution is 7.90. The number of aryl methyl sites for hydroxylation is 2. The molecule has 0 unspecified atom stereocenters. The van der Waals surface area contributed by atoms with Crippen LogP contribution in [-0.2, 0) is 14.6 Å². The fourth-order valence-electron chi connectivity index (χ4n) is 3.02. The maximum absolute atomic E-state index is 12.5. The number of benzene rings is 2. The molecule has 3 rings (SSSR count). The second-order valence-electron chi connectivity index (χ2n) is 7.99. The molecule has 3 aromatic rings. The Labute approximate surface area is 219 Å². The van der Waals surface area contributed by atoms with Crippen LogP contribution in [0.1, 0.15) is 23.1 Å². The van der Waals surface area contributed by atoms with E-state index in [4.69, 9.17) is 14.2 Å². The van der Waals surface area contributed by atoms with Gasteiger partial charge >= 0.3 is 0 Å². The van der Waals surface area contributed by atoms with Gasteiger partial charge in [-0.15, -0.1) is 0 Å². The molecule has 1 N–H and O–H groups in total. The Bertz CT molecular complexity index is 1460. The van der Waals surface area contributed by atoms with Crippen molar-refractivity contribution in [2.24, 2.45) is 0 Å². The number of rotatable bonds is 11. The summed E-state index contributed by atoms with van der Waals surface area (Å²) in [6, 6.07) is 12.8. The summed E-state index contributed by atoms with van der Waals surface area (Å²) in [6.07, 6.45) is 2.99. The lowest BCUT2D eigenvalue weighted by Gasteiger charge is -2.12. The Morgan fingerprint density at radius 3 is 2.51 bits per heavy atom. The minimum Gasteiger partial charge on any atom is -0.493 e. The molecule has 37 heavy (non-hydrogen) atoms. The molecule has 0 saturated heterocycles. The first-order chi connectivity index (χ1) is 17.6. The number of nitriles is 1. The van der Waals surface area contributed by atoms with Gasteiger partial charge in [0.2, 0.25) is 15.0 Å². The van der Waals surface area contributed by atoms with Gasteiger partial charge in [0.25, 0.3) is 11.1 Å². The summed E-state index contributed by atoms with van der Waals surface area (Å²) in [5.74, 6) is 1.01. The van der Waals surface area contributed by atoms with Crippen LogP contribution < -0.4 is 19.5 Å². The van der Waals surface area contributed by atoms with E-state index in [0.717, 1.165) is 12.0 Å². The molecule has 0 radical (unpaired) electrons. The monoisotopic (exact) mass is 542 g/mol. The van der Waals surface area contributed by atoms with Crippen LogP contribution in [0.4, 0.5) is 5.13 Å². The SMILES string of the molecule is COc1cc(/C=C(/C#N)C(=O)Nc2nc(S(C)(=O)=O)ns2)ccc1OCCCOc1ccc(C)c(C)c1. The van der Waals surface area contributed by atoms with E-state index in [2.05, 4.69) is 21.6 Å². The van der Waals surface area contributed by atoms with Gasteiger partial charge in [0.05, 0.1) is 20.3 Å². The number of carbonyl (C=O) groups excluding carboxylic acids is 1. The van der Waals surface area contributed by atoms with Crippen LogP contribution in [0.25, 0.3) is 6.08 Å². The standard InChI is InChI=1S/C25H26N4O6S2/c1-16-6-8-20(12-17(16)2)34-10-5-11-35-21-9-7-18(14-22(21)33-3)13-19(15-26)23(30)27-24-28-25(29-36-24)37(4,31)32/h6-9,12-14H,5,10-11H2,1-4H3,(H,27,28,29,30)/b19-13-. The largest absolute Gasteiger partial charge is 0.493 e. The molecule has 194 valence electrons.